The van der Waals surface area contributed by atoms with Crippen LogP contribution in [0, 0.1) is 0 Å². The Morgan fingerprint density at radius 1 is 1.33 bits per heavy atom. The maximum absolute atomic E-state index is 12.9. The van der Waals surface area contributed by atoms with Crippen LogP contribution in [-0.2, 0) is 6.18 Å². The minimum atomic E-state index is -4.50. The molecule has 21 heavy (non-hydrogen) atoms. The van der Waals surface area contributed by atoms with Crippen LogP contribution in [0.5, 0.6) is 0 Å². The third kappa shape index (κ3) is 3.66. The van der Waals surface area contributed by atoms with Crippen LogP contribution in [0.1, 0.15) is 24.8 Å². The number of hydrogen-bond acceptors (Lipinski definition) is 2. The normalized spacial score (nSPS) is 19.4. The van der Waals surface area contributed by atoms with E-state index in [9.17, 15) is 18.0 Å². The topological polar surface area (TPSA) is 58.4 Å². The molecule has 1 saturated heterocycles. The summed E-state index contributed by atoms with van der Waals surface area (Å²) in [6.07, 6.45) is -1.90. The van der Waals surface area contributed by atoms with Crippen LogP contribution in [0.15, 0.2) is 24.3 Å². The summed E-state index contributed by atoms with van der Waals surface area (Å²) in [5, 5.41) is 2.36. The number of amides is 2. The van der Waals surface area contributed by atoms with Crippen molar-refractivity contribution in [1.82, 2.24) is 4.90 Å². The number of para-hydroxylation sites is 1. The highest BCUT2D eigenvalue weighted by Crippen LogP contribution is 2.34. The highest BCUT2D eigenvalue weighted by molar-refractivity contribution is 5.90. The van der Waals surface area contributed by atoms with Crippen LogP contribution < -0.4 is 11.1 Å². The standard InChI is InChI=1S/C14H18F3N3O/c15-14(16,17)11-6-1-2-7-12(11)19-13(21)20-8-4-3-5-10(20)9-18/h1-2,6-7,10H,3-5,8-9,18H2,(H,19,21). The van der Waals surface area contributed by atoms with Gasteiger partial charge in [-0.25, -0.2) is 4.79 Å². The van der Waals surface area contributed by atoms with E-state index < -0.39 is 17.8 Å². The molecule has 116 valence electrons. The van der Waals surface area contributed by atoms with Gasteiger partial charge in [-0.05, 0) is 31.4 Å². The fourth-order valence-electron chi connectivity index (χ4n) is 2.54. The van der Waals surface area contributed by atoms with Gasteiger partial charge in [-0.1, -0.05) is 12.1 Å². The Morgan fingerprint density at radius 3 is 2.71 bits per heavy atom. The van der Waals surface area contributed by atoms with E-state index in [-0.39, 0.29) is 11.7 Å². The summed E-state index contributed by atoms with van der Waals surface area (Å²) < 4.78 is 38.7. The molecule has 1 aromatic rings. The van der Waals surface area contributed by atoms with Crippen LogP contribution in [0.2, 0.25) is 0 Å². The maximum Gasteiger partial charge on any atom is 0.418 e. The molecule has 0 spiro atoms. The second-order valence-electron chi connectivity index (χ2n) is 5.05. The van der Waals surface area contributed by atoms with Gasteiger partial charge in [-0.2, -0.15) is 13.2 Å². The first-order valence-electron chi connectivity index (χ1n) is 6.87. The first kappa shape index (κ1) is 15.6. The lowest BCUT2D eigenvalue weighted by atomic mass is 10.0. The molecule has 1 aliphatic rings. The molecule has 1 heterocycles. The highest BCUT2D eigenvalue weighted by atomic mass is 19.4. The van der Waals surface area contributed by atoms with Gasteiger partial charge in [-0.3, -0.25) is 0 Å². The molecule has 4 nitrogen and oxygen atoms in total. The van der Waals surface area contributed by atoms with Crippen molar-refractivity contribution in [1.29, 1.82) is 0 Å². The Balaban J connectivity index is 2.16. The Morgan fingerprint density at radius 2 is 2.05 bits per heavy atom. The molecule has 1 fully saturated rings. The minimum absolute atomic E-state index is 0.114. The van der Waals surface area contributed by atoms with Gasteiger partial charge in [0.25, 0.3) is 0 Å². The van der Waals surface area contributed by atoms with Crippen molar-refractivity contribution in [2.24, 2.45) is 5.73 Å². The average molecular weight is 301 g/mol. The molecular formula is C14H18F3N3O. The fourth-order valence-corrected chi connectivity index (χ4v) is 2.54. The smallest absolute Gasteiger partial charge is 0.328 e. The van der Waals surface area contributed by atoms with Crippen LogP contribution in [0.25, 0.3) is 0 Å². The first-order valence-corrected chi connectivity index (χ1v) is 6.87. The molecule has 1 unspecified atom stereocenters. The second-order valence-corrected chi connectivity index (χ2v) is 5.05. The number of hydrogen-bond donors (Lipinski definition) is 2. The van der Waals surface area contributed by atoms with Crippen LogP contribution in [0.3, 0.4) is 0 Å². The fraction of sp³-hybridized carbons (Fsp3) is 0.500. The van der Waals surface area contributed by atoms with E-state index in [4.69, 9.17) is 5.73 Å². The summed E-state index contributed by atoms with van der Waals surface area (Å²) in [4.78, 5) is 13.7. The molecule has 7 heteroatoms. The van der Waals surface area contributed by atoms with Gasteiger partial charge in [0.15, 0.2) is 0 Å². The molecule has 0 aliphatic carbocycles. The SMILES string of the molecule is NCC1CCCCN1C(=O)Nc1ccccc1C(F)(F)F. The predicted molar refractivity (Wildman–Crippen MR) is 73.9 cm³/mol. The van der Waals surface area contributed by atoms with Gasteiger partial charge < -0.3 is 16.0 Å². The number of likely N-dealkylation sites (tertiary alicyclic amines) is 1. The molecule has 1 aromatic carbocycles. The van der Waals surface area contributed by atoms with Gasteiger partial charge in [0.1, 0.15) is 0 Å². The number of alkyl halides is 3. The zero-order valence-electron chi connectivity index (χ0n) is 11.5. The largest absolute Gasteiger partial charge is 0.418 e. The average Bonchev–Trinajstić information content (AvgIpc) is 2.46. The Hall–Kier alpha value is -1.76. The van der Waals surface area contributed by atoms with Crippen molar-refractivity contribution >= 4 is 11.7 Å². The summed E-state index contributed by atoms with van der Waals surface area (Å²) in [5.41, 5.74) is 4.55. The number of carbonyl (C=O) groups excluding carboxylic acids is 1. The van der Waals surface area contributed by atoms with E-state index in [0.717, 1.165) is 25.3 Å². The van der Waals surface area contributed by atoms with Crippen molar-refractivity contribution < 1.29 is 18.0 Å². The van der Waals surface area contributed by atoms with E-state index in [2.05, 4.69) is 5.32 Å². The molecule has 0 aromatic heterocycles. The monoisotopic (exact) mass is 301 g/mol. The molecule has 3 N–H and O–H groups in total. The summed E-state index contributed by atoms with van der Waals surface area (Å²) in [5.74, 6) is 0. The third-order valence-corrected chi connectivity index (χ3v) is 3.63. The van der Waals surface area contributed by atoms with E-state index in [1.807, 2.05) is 0 Å². The van der Waals surface area contributed by atoms with Crippen molar-refractivity contribution in [3.63, 3.8) is 0 Å². The Labute approximate surface area is 121 Å². The second kappa shape index (κ2) is 6.34. The number of halogens is 3. The molecule has 1 atom stereocenters. The van der Waals surface area contributed by atoms with Gasteiger partial charge in [0.2, 0.25) is 0 Å². The number of rotatable bonds is 2. The van der Waals surface area contributed by atoms with Crippen molar-refractivity contribution in [2.75, 3.05) is 18.4 Å². The number of piperidine rings is 1. The summed E-state index contributed by atoms with van der Waals surface area (Å²) in [6, 6.07) is 4.32. The van der Waals surface area contributed by atoms with Gasteiger partial charge in [0.05, 0.1) is 11.3 Å². The zero-order chi connectivity index (χ0) is 15.5. The number of nitrogens with one attached hydrogen (secondary N) is 1. The van der Waals surface area contributed by atoms with E-state index >= 15 is 0 Å². The number of nitrogens with zero attached hydrogens (tertiary/aromatic N) is 1. The van der Waals surface area contributed by atoms with E-state index in [1.54, 1.807) is 0 Å². The predicted octanol–water partition coefficient (Wildman–Crippen LogP) is 3.05. The lowest BCUT2D eigenvalue weighted by molar-refractivity contribution is -0.136. The quantitative estimate of drug-likeness (QED) is 0.882. The van der Waals surface area contributed by atoms with Crippen LogP contribution in [-0.4, -0.2) is 30.1 Å². The Bertz CT molecular complexity index is 504. The van der Waals surface area contributed by atoms with E-state index in [0.29, 0.717) is 13.1 Å². The first-order chi connectivity index (χ1) is 9.93. The van der Waals surface area contributed by atoms with Crippen LogP contribution >= 0.6 is 0 Å². The lowest BCUT2D eigenvalue weighted by Gasteiger charge is -2.35. The van der Waals surface area contributed by atoms with Gasteiger partial charge >= 0.3 is 12.2 Å². The van der Waals surface area contributed by atoms with Crippen molar-refractivity contribution in [3.05, 3.63) is 29.8 Å². The lowest BCUT2D eigenvalue weighted by Crippen LogP contribution is -2.49. The highest BCUT2D eigenvalue weighted by Gasteiger charge is 2.34. The molecule has 0 radical (unpaired) electrons. The van der Waals surface area contributed by atoms with E-state index in [1.165, 1.54) is 23.1 Å². The summed E-state index contributed by atoms with van der Waals surface area (Å²) in [7, 11) is 0. The number of carbonyl (C=O) groups is 1. The van der Waals surface area contributed by atoms with Gasteiger partial charge in [0, 0.05) is 19.1 Å². The number of benzene rings is 1. The molecule has 0 saturated carbocycles. The molecule has 2 rings (SSSR count). The maximum atomic E-state index is 12.9. The molecule has 2 amide bonds. The van der Waals surface area contributed by atoms with Crippen LogP contribution in [0.4, 0.5) is 23.7 Å². The number of anilines is 1. The summed E-state index contributed by atoms with van der Waals surface area (Å²) in [6.45, 7) is 0.830. The van der Waals surface area contributed by atoms with Crippen molar-refractivity contribution in [3.8, 4) is 0 Å². The van der Waals surface area contributed by atoms with Crippen molar-refractivity contribution in [2.45, 2.75) is 31.5 Å². The van der Waals surface area contributed by atoms with Gasteiger partial charge in [-0.15, -0.1) is 0 Å². The molecule has 0 bridgehead atoms. The minimum Gasteiger partial charge on any atom is -0.328 e. The number of urea groups is 1. The number of nitrogens with two attached hydrogens (primary N) is 1. The summed E-state index contributed by atoms with van der Waals surface area (Å²) >= 11 is 0. The Kier molecular flexibility index (Phi) is 4.72. The zero-order valence-corrected chi connectivity index (χ0v) is 11.5. The molecule has 1 aliphatic heterocycles. The molecular weight excluding hydrogens is 283 g/mol. The third-order valence-electron chi connectivity index (χ3n) is 3.63.